The Kier molecular flexibility index (Phi) is 3.92. The molecule has 0 bridgehead atoms. The topological polar surface area (TPSA) is 83.7 Å². The summed E-state index contributed by atoms with van der Waals surface area (Å²) in [6, 6.07) is 4.63. The van der Waals surface area contributed by atoms with Gasteiger partial charge in [0.15, 0.2) is 0 Å². The maximum atomic E-state index is 11.4. The number of hydrogen-bond acceptors (Lipinski definition) is 4. The van der Waals surface area contributed by atoms with Gasteiger partial charge in [-0.1, -0.05) is 6.92 Å². The molecule has 1 N–H and O–H groups in total. The van der Waals surface area contributed by atoms with Gasteiger partial charge in [0.1, 0.15) is 0 Å². The lowest BCUT2D eigenvalue weighted by atomic mass is 10.1. The number of nitro groups is 1. The minimum atomic E-state index is -1.13. The van der Waals surface area contributed by atoms with E-state index in [0.29, 0.717) is 11.7 Å². The number of nitrogens with zero attached hydrogens (tertiary/aromatic N) is 2. The van der Waals surface area contributed by atoms with Crippen LogP contribution >= 0.6 is 0 Å². The normalized spacial score (nSPS) is 22.0. The van der Waals surface area contributed by atoms with Crippen molar-refractivity contribution in [1.82, 2.24) is 0 Å². The molecule has 1 heterocycles. The average molecular weight is 278 g/mol. The first kappa shape index (κ1) is 14.3. The Morgan fingerprint density at radius 2 is 2.20 bits per heavy atom. The maximum Gasteiger partial charge on any atom is 0.338 e. The molecular formula is C14H18N2O4. The lowest BCUT2D eigenvalue weighted by Crippen LogP contribution is -2.35. The standard InChI is InChI=1S/C14H18N2O4/c1-3-10-5-4-9(2)15(10)13-7-6-11(16(19)20)8-12(13)14(17)18/h6-10H,3-5H2,1-2H3,(H,17,18). The van der Waals surface area contributed by atoms with Crippen LogP contribution in [0.2, 0.25) is 0 Å². The van der Waals surface area contributed by atoms with Crippen LogP contribution in [0.25, 0.3) is 0 Å². The third-order valence-corrected chi connectivity index (χ3v) is 3.96. The fourth-order valence-electron chi connectivity index (χ4n) is 2.94. The number of benzene rings is 1. The number of carboxylic acid groups (broad SMARTS) is 1. The number of aromatic carboxylic acids is 1. The molecule has 0 amide bonds. The minimum Gasteiger partial charge on any atom is -0.478 e. The summed E-state index contributed by atoms with van der Waals surface area (Å²) in [6.45, 7) is 4.13. The van der Waals surface area contributed by atoms with Gasteiger partial charge < -0.3 is 10.0 Å². The highest BCUT2D eigenvalue weighted by Gasteiger charge is 2.32. The van der Waals surface area contributed by atoms with Crippen molar-refractivity contribution in [1.29, 1.82) is 0 Å². The van der Waals surface area contributed by atoms with Crippen LogP contribution in [0.5, 0.6) is 0 Å². The lowest BCUT2D eigenvalue weighted by molar-refractivity contribution is -0.384. The molecule has 2 atom stereocenters. The van der Waals surface area contributed by atoms with Crippen molar-refractivity contribution in [2.24, 2.45) is 0 Å². The van der Waals surface area contributed by atoms with Gasteiger partial charge in [-0.3, -0.25) is 10.1 Å². The zero-order valence-electron chi connectivity index (χ0n) is 11.6. The molecule has 1 aliphatic rings. The molecule has 0 aromatic heterocycles. The van der Waals surface area contributed by atoms with Crippen LogP contribution in [0.3, 0.4) is 0 Å². The monoisotopic (exact) mass is 278 g/mol. The quantitative estimate of drug-likeness (QED) is 0.676. The summed E-state index contributed by atoms with van der Waals surface area (Å²) in [5.74, 6) is -1.13. The third kappa shape index (κ3) is 2.45. The number of rotatable bonds is 4. The molecule has 1 aliphatic heterocycles. The van der Waals surface area contributed by atoms with Crippen LogP contribution in [0.4, 0.5) is 11.4 Å². The molecule has 0 saturated carbocycles. The molecule has 2 unspecified atom stereocenters. The zero-order chi connectivity index (χ0) is 14.9. The van der Waals surface area contributed by atoms with E-state index in [1.54, 1.807) is 6.07 Å². The number of anilines is 1. The molecule has 1 aromatic rings. The van der Waals surface area contributed by atoms with Crippen LogP contribution < -0.4 is 4.90 Å². The number of hydrogen-bond donors (Lipinski definition) is 1. The molecule has 108 valence electrons. The third-order valence-electron chi connectivity index (χ3n) is 3.96. The van der Waals surface area contributed by atoms with E-state index in [2.05, 4.69) is 18.7 Å². The summed E-state index contributed by atoms with van der Waals surface area (Å²) in [6.07, 6.45) is 2.96. The van der Waals surface area contributed by atoms with Gasteiger partial charge in [0.05, 0.1) is 16.2 Å². The molecular weight excluding hydrogens is 260 g/mol. The van der Waals surface area contributed by atoms with E-state index in [4.69, 9.17) is 0 Å². The highest BCUT2D eigenvalue weighted by atomic mass is 16.6. The van der Waals surface area contributed by atoms with Crippen LogP contribution in [-0.2, 0) is 0 Å². The largest absolute Gasteiger partial charge is 0.478 e. The maximum absolute atomic E-state index is 11.4. The van der Waals surface area contributed by atoms with Gasteiger partial charge in [0.2, 0.25) is 0 Å². The first-order chi connectivity index (χ1) is 9.45. The number of nitro benzene ring substituents is 1. The van der Waals surface area contributed by atoms with Crippen molar-refractivity contribution in [3.8, 4) is 0 Å². The Hall–Kier alpha value is -2.11. The van der Waals surface area contributed by atoms with Gasteiger partial charge in [0, 0.05) is 24.2 Å². The smallest absolute Gasteiger partial charge is 0.338 e. The summed E-state index contributed by atoms with van der Waals surface area (Å²) >= 11 is 0. The molecule has 2 rings (SSSR count). The van der Waals surface area contributed by atoms with Crippen LogP contribution in [0.1, 0.15) is 43.5 Å². The van der Waals surface area contributed by atoms with Crippen molar-refractivity contribution in [2.45, 2.75) is 45.2 Å². The second-order valence-electron chi connectivity index (χ2n) is 5.16. The first-order valence-corrected chi connectivity index (χ1v) is 6.75. The molecule has 6 heteroatoms. The van der Waals surface area contributed by atoms with E-state index < -0.39 is 10.9 Å². The molecule has 1 fully saturated rings. The van der Waals surface area contributed by atoms with Gasteiger partial charge in [0.25, 0.3) is 5.69 Å². The lowest BCUT2D eigenvalue weighted by Gasteiger charge is -2.31. The van der Waals surface area contributed by atoms with Gasteiger partial charge >= 0.3 is 5.97 Å². The summed E-state index contributed by atoms with van der Waals surface area (Å²) in [5, 5.41) is 20.1. The molecule has 1 aromatic carbocycles. The summed E-state index contributed by atoms with van der Waals surface area (Å²) in [7, 11) is 0. The number of carboxylic acids is 1. The van der Waals surface area contributed by atoms with Crippen molar-refractivity contribution in [3.63, 3.8) is 0 Å². The predicted molar refractivity (Wildman–Crippen MR) is 75.3 cm³/mol. The molecule has 6 nitrogen and oxygen atoms in total. The highest BCUT2D eigenvalue weighted by Crippen LogP contribution is 2.35. The Balaban J connectivity index is 2.50. The second kappa shape index (κ2) is 5.48. The van der Waals surface area contributed by atoms with Crippen LogP contribution in [-0.4, -0.2) is 28.1 Å². The van der Waals surface area contributed by atoms with Gasteiger partial charge in [-0.15, -0.1) is 0 Å². The summed E-state index contributed by atoms with van der Waals surface area (Å²) in [5.41, 5.74) is 0.400. The summed E-state index contributed by atoms with van der Waals surface area (Å²) in [4.78, 5) is 23.7. The second-order valence-corrected chi connectivity index (χ2v) is 5.16. The highest BCUT2D eigenvalue weighted by molar-refractivity contribution is 5.95. The van der Waals surface area contributed by atoms with Crippen molar-refractivity contribution in [2.75, 3.05) is 4.90 Å². The predicted octanol–water partition coefficient (Wildman–Crippen LogP) is 3.06. The van der Waals surface area contributed by atoms with Gasteiger partial charge in [-0.2, -0.15) is 0 Å². The zero-order valence-corrected chi connectivity index (χ0v) is 11.6. The number of carbonyl (C=O) groups is 1. The first-order valence-electron chi connectivity index (χ1n) is 6.75. The van der Waals surface area contributed by atoms with E-state index in [1.165, 1.54) is 6.07 Å². The Morgan fingerprint density at radius 1 is 1.50 bits per heavy atom. The van der Waals surface area contributed by atoms with Crippen molar-refractivity contribution >= 4 is 17.3 Å². The fraction of sp³-hybridized carbons (Fsp3) is 0.500. The molecule has 0 radical (unpaired) electrons. The Labute approximate surface area is 117 Å². The fourth-order valence-corrected chi connectivity index (χ4v) is 2.94. The summed E-state index contributed by atoms with van der Waals surface area (Å²) < 4.78 is 0. The average Bonchev–Trinajstić information content (AvgIpc) is 2.78. The van der Waals surface area contributed by atoms with E-state index in [1.807, 2.05) is 0 Å². The SMILES string of the molecule is CCC1CCC(C)N1c1ccc([N+](=O)[O-])cc1C(=O)O. The van der Waals surface area contributed by atoms with Crippen LogP contribution in [0.15, 0.2) is 18.2 Å². The molecule has 0 aliphatic carbocycles. The van der Waals surface area contributed by atoms with Gasteiger partial charge in [-0.05, 0) is 32.3 Å². The minimum absolute atomic E-state index is 0.00593. The molecule has 0 spiro atoms. The van der Waals surface area contributed by atoms with Gasteiger partial charge in [-0.25, -0.2) is 4.79 Å². The number of non-ortho nitro benzene ring substituents is 1. The van der Waals surface area contributed by atoms with E-state index in [0.717, 1.165) is 25.3 Å². The van der Waals surface area contributed by atoms with E-state index in [9.17, 15) is 20.0 Å². The van der Waals surface area contributed by atoms with Crippen molar-refractivity contribution < 1.29 is 14.8 Å². The van der Waals surface area contributed by atoms with Crippen LogP contribution in [0, 0.1) is 10.1 Å². The Bertz CT molecular complexity index is 544. The van der Waals surface area contributed by atoms with E-state index in [-0.39, 0.29) is 17.3 Å². The Morgan fingerprint density at radius 3 is 2.75 bits per heavy atom. The van der Waals surface area contributed by atoms with Crippen molar-refractivity contribution in [3.05, 3.63) is 33.9 Å². The molecule has 1 saturated heterocycles. The van der Waals surface area contributed by atoms with E-state index >= 15 is 0 Å². The molecule has 20 heavy (non-hydrogen) atoms.